The number of halogens is 1. The second-order valence-electron chi connectivity index (χ2n) is 20.9. The van der Waals surface area contributed by atoms with Crippen molar-refractivity contribution in [3.63, 3.8) is 0 Å². The molecule has 3 aromatic carbocycles. The molecule has 1 spiro atoms. The largest absolute Gasteiger partial charge is 0.489 e. The Bertz CT molecular complexity index is 3010. The summed E-state index contributed by atoms with van der Waals surface area (Å²) in [6, 6.07) is 16.9. The summed E-state index contributed by atoms with van der Waals surface area (Å²) in [5.74, 6) is -1.05. The number of sulfonamides is 1. The number of aromatic nitrogens is 2. The zero-order valence-electron chi connectivity index (χ0n) is 40.9. The number of anilines is 2. The minimum atomic E-state index is -4.75. The van der Waals surface area contributed by atoms with Crippen LogP contribution in [0.1, 0.15) is 99.0 Å². The summed E-state index contributed by atoms with van der Waals surface area (Å²) in [6.45, 7) is 10.8. The van der Waals surface area contributed by atoms with Gasteiger partial charge in [-0.1, -0.05) is 38.1 Å². The van der Waals surface area contributed by atoms with E-state index >= 15 is 0 Å². The summed E-state index contributed by atoms with van der Waals surface area (Å²) in [7, 11) is -3.32. The molecule has 1 saturated carbocycles. The fraction of sp³-hybridized carbons (Fsp3) is 0.481. The zero-order valence-corrected chi connectivity index (χ0v) is 41.7. The van der Waals surface area contributed by atoms with E-state index in [1.807, 2.05) is 4.90 Å². The number of nitrogens with one attached hydrogen (secondary N) is 3. The molecule has 2 aromatic heterocycles. The molecule has 6 heterocycles. The van der Waals surface area contributed by atoms with E-state index in [2.05, 4.69) is 67.9 Å². The van der Waals surface area contributed by atoms with E-state index in [0.717, 1.165) is 50.2 Å². The van der Waals surface area contributed by atoms with Crippen LogP contribution in [0, 0.1) is 27.3 Å². The maximum absolute atomic E-state index is 14.7. The molecule has 4 fully saturated rings. The summed E-state index contributed by atoms with van der Waals surface area (Å²) in [4.78, 5) is 51.7. The number of nitro benzene ring substituents is 1. The Balaban J connectivity index is 0.863. The molecule has 3 atom stereocenters. The Morgan fingerprint density at radius 1 is 1.03 bits per heavy atom. The molecule has 2 amide bonds. The number of amides is 2. The molecular formula is C52H61FN8O10S. The minimum absolute atomic E-state index is 0.0161. The molecule has 18 nitrogen and oxygen atoms in total. The van der Waals surface area contributed by atoms with Gasteiger partial charge in [-0.05, 0) is 98.4 Å². The lowest BCUT2D eigenvalue weighted by Crippen LogP contribution is -2.65. The van der Waals surface area contributed by atoms with Crippen molar-refractivity contribution in [2.24, 2.45) is 11.3 Å². The number of benzene rings is 3. The van der Waals surface area contributed by atoms with E-state index in [1.54, 1.807) is 19.1 Å². The Labute approximate surface area is 417 Å². The summed E-state index contributed by atoms with van der Waals surface area (Å²) in [5, 5.41) is 26.2. The number of aromatic amines is 1. The van der Waals surface area contributed by atoms with Crippen LogP contribution < -0.4 is 24.4 Å². The highest BCUT2D eigenvalue weighted by Gasteiger charge is 2.50. The Kier molecular flexibility index (Phi) is 13.1. The maximum atomic E-state index is 14.7. The fourth-order valence-corrected chi connectivity index (χ4v) is 12.8. The van der Waals surface area contributed by atoms with Crippen molar-refractivity contribution in [3.8, 4) is 17.2 Å². The molecule has 0 bridgehead atoms. The standard InChI is InChI=1S/C52H61FN8O10S/c1-31(2)36-7-5-6-8-37(36)40-27-59(50(63)69-4)18-13-43(40)60-29-52(30-60)16-19-58(20-17-52)33-9-10-38(45(21-33)71-34-22-39-41(53)26-55-48(39)54-25-34)49(62)57-72(67,68)35-23-44(61(65)66)47-46(24-35)70-28-42(56-47)32-11-14-51(3,64)15-12-32/h5-10,21-26,31-32,40,42-43,56,64H,11-20,27-30H2,1-4H3,(H,54,55)(H,57,62)/t32?,40-,42+,43-,51?/m0/s1. The Morgan fingerprint density at radius 2 is 1.78 bits per heavy atom. The molecule has 5 aromatic rings. The summed E-state index contributed by atoms with van der Waals surface area (Å²) < 4.78 is 62.2. The van der Waals surface area contributed by atoms with Gasteiger partial charge >= 0.3 is 6.09 Å². The molecule has 1 aliphatic carbocycles. The van der Waals surface area contributed by atoms with E-state index in [4.69, 9.17) is 14.2 Å². The van der Waals surface area contributed by atoms with Gasteiger partial charge < -0.3 is 39.4 Å². The highest BCUT2D eigenvalue weighted by molar-refractivity contribution is 7.90. The van der Waals surface area contributed by atoms with Gasteiger partial charge in [-0.2, -0.15) is 0 Å². The Hall–Kier alpha value is -6.51. The van der Waals surface area contributed by atoms with Gasteiger partial charge in [0.25, 0.3) is 21.6 Å². The first kappa shape index (κ1) is 49.1. The normalized spacial score (nSPS) is 24.2. The highest BCUT2D eigenvalue weighted by atomic mass is 32.2. The average molecular weight is 1010 g/mol. The molecule has 382 valence electrons. The quantitative estimate of drug-likeness (QED) is 0.0723. The number of nitrogens with zero attached hydrogens (tertiary/aromatic N) is 5. The third kappa shape index (κ3) is 9.63. The molecule has 0 radical (unpaired) electrons. The van der Waals surface area contributed by atoms with Crippen molar-refractivity contribution in [2.75, 3.05) is 63.2 Å². The smallest absolute Gasteiger partial charge is 0.409 e. The van der Waals surface area contributed by atoms with Gasteiger partial charge in [0, 0.05) is 81.3 Å². The molecular weight excluding hydrogens is 948 g/mol. The van der Waals surface area contributed by atoms with Crippen LogP contribution >= 0.6 is 0 Å². The first-order chi connectivity index (χ1) is 34.4. The molecule has 20 heteroatoms. The topological polar surface area (TPSA) is 222 Å². The third-order valence-electron chi connectivity index (χ3n) is 15.9. The van der Waals surface area contributed by atoms with Crippen LogP contribution in [0.5, 0.6) is 17.2 Å². The van der Waals surface area contributed by atoms with Crippen molar-refractivity contribution in [1.82, 2.24) is 24.5 Å². The number of methoxy groups -OCH3 is 1. The van der Waals surface area contributed by atoms with E-state index in [1.165, 1.54) is 42.8 Å². The van der Waals surface area contributed by atoms with E-state index in [9.17, 15) is 37.6 Å². The lowest BCUT2D eigenvalue weighted by molar-refractivity contribution is -0.384. The van der Waals surface area contributed by atoms with E-state index in [-0.39, 0.29) is 81.6 Å². The number of carbonyl (C=O) groups excluding carboxylic acids is 2. The van der Waals surface area contributed by atoms with Gasteiger partial charge in [0.05, 0.1) is 45.7 Å². The van der Waals surface area contributed by atoms with Crippen molar-refractivity contribution >= 4 is 50.1 Å². The first-order valence-electron chi connectivity index (χ1n) is 24.8. The molecule has 5 aliphatic rings. The molecule has 3 saturated heterocycles. The number of H-pyrrole nitrogens is 1. The number of fused-ring (bicyclic) bond motifs is 2. The molecule has 72 heavy (non-hydrogen) atoms. The second-order valence-corrected chi connectivity index (χ2v) is 22.6. The minimum Gasteiger partial charge on any atom is -0.489 e. The van der Waals surface area contributed by atoms with Crippen LogP contribution in [0.2, 0.25) is 0 Å². The van der Waals surface area contributed by atoms with Gasteiger partial charge in [0.1, 0.15) is 29.6 Å². The first-order valence-corrected chi connectivity index (χ1v) is 26.2. The van der Waals surface area contributed by atoms with Crippen molar-refractivity contribution in [2.45, 2.75) is 100 Å². The number of rotatable bonds is 11. The summed E-state index contributed by atoms with van der Waals surface area (Å²) >= 11 is 0. The van der Waals surface area contributed by atoms with Crippen LogP contribution in [0.4, 0.5) is 26.2 Å². The maximum Gasteiger partial charge on any atom is 0.409 e. The van der Waals surface area contributed by atoms with Crippen molar-refractivity contribution in [1.29, 1.82) is 0 Å². The number of hydrogen-bond acceptors (Lipinski definition) is 14. The lowest BCUT2D eigenvalue weighted by atomic mass is 9.69. The summed E-state index contributed by atoms with van der Waals surface area (Å²) in [6.07, 6.45) is 7.39. The SMILES string of the molecule is COC(=O)N1CC[C@H](N2CC3(CCN(c4ccc(C(=O)NS(=O)(=O)c5cc6c(c([N+](=O)[O-])c5)N[C@@H](C5CCC(C)(O)CC5)CO6)c(Oc5cnc6[nH]cc(F)c6c5)c4)CC3)C2)[C@H](c2ccccc2C(C)C)C1. The van der Waals surface area contributed by atoms with Gasteiger partial charge in [0.2, 0.25) is 0 Å². The summed E-state index contributed by atoms with van der Waals surface area (Å²) in [5.41, 5.74) is 2.26. The van der Waals surface area contributed by atoms with Gasteiger partial charge in [-0.3, -0.25) is 19.8 Å². The second kappa shape index (κ2) is 19.2. The predicted molar refractivity (Wildman–Crippen MR) is 267 cm³/mol. The van der Waals surface area contributed by atoms with Gasteiger partial charge in [-0.25, -0.2) is 27.3 Å². The fourth-order valence-electron chi connectivity index (χ4n) is 11.8. The number of carbonyl (C=O) groups is 2. The number of pyridine rings is 1. The van der Waals surface area contributed by atoms with Gasteiger partial charge in [0.15, 0.2) is 11.4 Å². The Morgan fingerprint density at radius 3 is 2.50 bits per heavy atom. The molecule has 0 unspecified atom stereocenters. The molecule has 4 N–H and O–H groups in total. The van der Waals surface area contributed by atoms with Crippen molar-refractivity contribution < 1.29 is 46.6 Å². The molecule has 10 rings (SSSR count). The van der Waals surface area contributed by atoms with Gasteiger partial charge in [-0.15, -0.1) is 0 Å². The highest BCUT2D eigenvalue weighted by Crippen LogP contribution is 2.48. The van der Waals surface area contributed by atoms with Crippen LogP contribution in [0.25, 0.3) is 11.0 Å². The number of hydrogen-bond donors (Lipinski definition) is 4. The average Bonchev–Trinajstić information content (AvgIpc) is 3.73. The van der Waals surface area contributed by atoms with Crippen LogP contribution in [-0.2, 0) is 14.8 Å². The van der Waals surface area contributed by atoms with E-state index in [0.29, 0.717) is 57.8 Å². The number of nitro groups is 1. The molecule has 4 aliphatic heterocycles. The number of likely N-dealkylation sites (tertiary alicyclic amines) is 2. The van der Waals surface area contributed by atoms with E-state index < -0.39 is 42.9 Å². The van der Waals surface area contributed by atoms with Crippen LogP contribution in [-0.4, -0.2) is 121 Å². The van der Waals surface area contributed by atoms with Crippen molar-refractivity contribution in [3.05, 3.63) is 106 Å². The zero-order chi connectivity index (χ0) is 50.7. The monoisotopic (exact) mass is 1010 g/mol. The lowest BCUT2D eigenvalue weighted by Gasteiger charge is -2.59. The number of piperidine rings is 2. The number of ether oxygens (including phenoxy) is 3. The predicted octanol–water partition coefficient (Wildman–Crippen LogP) is 8.29. The number of aliphatic hydroxyl groups is 1. The van der Waals surface area contributed by atoms with Crippen LogP contribution in [0.15, 0.2) is 78.0 Å². The third-order valence-corrected chi connectivity index (χ3v) is 17.2. The van der Waals surface area contributed by atoms with Crippen LogP contribution in [0.3, 0.4) is 0 Å².